The number of methoxy groups -OCH3 is 2. The molecule has 0 saturated carbocycles. The Hall–Kier alpha value is -1.39. The lowest BCUT2D eigenvalue weighted by Gasteiger charge is -2.03. The number of unbranched alkanes of at least 4 members (excludes halogenated alkanes) is 11. The molecule has 5 heteroatoms. The van der Waals surface area contributed by atoms with Gasteiger partial charge in [-0.3, -0.25) is 14.4 Å². The van der Waals surface area contributed by atoms with Gasteiger partial charge < -0.3 is 9.47 Å². The number of Topliss-reactive ketones (excluding diaryl/α,β-unsaturated/α-hetero) is 1. The number of carbonyl (C=O) groups excluding carboxylic acids is 3. The van der Waals surface area contributed by atoms with Crippen LogP contribution in [0.25, 0.3) is 0 Å². The summed E-state index contributed by atoms with van der Waals surface area (Å²) in [6.45, 7) is 0. The zero-order valence-corrected chi connectivity index (χ0v) is 16.1. The minimum absolute atomic E-state index is 0.0153. The van der Waals surface area contributed by atoms with Crippen molar-refractivity contribution in [3.63, 3.8) is 0 Å². The molecule has 0 atom stereocenters. The van der Waals surface area contributed by atoms with Crippen LogP contribution in [0.3, 0.4) is 0 Å². The van der Waals surface area contributed by atoms with Gasteiger partial charge in [0, 0.05) is 12.8 Å². The lowest BCUT2D eigenvalue weighted by molar-refractivity contribution is -0.143. The van der Waals surface area contributed by atoms with Crippen molar-refractivity contribution in [2.75, 3.05) is 14.2 Å². The van der Waals surface area contributed by atoms with E-state index >= 15 is 0 Å². The summed E-state index contributed by atoms with van der Waals surface area (Å²) < 4.78 is 9.09. The summed E-state index contributed by atoms with van der Waals surface area (Å²) in [6.07, 6.45) is 14.9. The van der Waals surface area contributed by atoms with Gasteiger partial charge in [0.2, 0.25) is 0 Å². The molecule has 0 aromatic heterocycles. The molecule has 0 aromatic rings. The van der Waals surface area contributed by atoms with Crippen LogP contribution in [0, 0.1) is 0 Å². The predicted molar refractivity (Wildman–Crippen MR) is 98.3 cm³/mol. The first-order valence-electron chi connectivity index (χ1n) is 9.75. The third kappa shape index (κ3) is 17.2. The largest absolute Gasteiger partial charge is 0.469 e. The highest BCUT2D eigenvalue weighted by Gasteiger charge is 2.08. The van der Waals surface area contributed by atoms with Gasteiger partial charge in [-0.2, -0.15) is 0 Å². The van der Waals surface area contributed by atoms with Gasteiger partial charge in [-0.25, -0.2) is 0 Å². The minimum Gasteiger partial charge on any atom is -0.469 e. The van der Waals surface area contributed by atoms with E-state index in [2.05, 4.69) is 9.47 Å². The van der Waals surface area contributed by atoms with Crippen LogP contribution in [0.2, 0.25) is 0 Å². The Morgan fingerprint density at radius 2 is 0.880 bits per heavy atom. The quantitative estimate of drug-likeness (QED) is 0.214. The number of ether oxygens (including phenoxy) is 2. The average molecular weight is 357 g/mol. The number of hydrogen-bond acceptors (Lipinski definition) is 5. The summed E-state index contributed by atoms with van der Waals surface area (Å²) in [7, 11) is 2.74. The smallest absolute Gasteiger partial charge is 0.313 e. The Labute approximate surface area is 152 Å². The number of rotatable bonds is 17. The SMILES string of the molecule is COC(=O)CCCCCCCCCCCCCCC(=O)CC(=O)OC. The lowest BCUT2D eigenvalue weighted by atomic mass is 10.0. The minimum atomic E-state index is -0.437. The third-order valence-corrected chi connectivity index (χ3v) is 4.38. The molecular weight excluding hydrogens is 320 g/mol. The zero-order chi connectivity index (χ0) is 18.8. The molecule has 5 nitrogen and oxygen atoms in total. The molecule has 0 unspecified atom stereocenters. The molecule has 0 aliphatic rings. The van der Waals surface area contributed by atoms with E-state index < -0.39 is 5.97 Å². The van der Waals surface area contributed by atoms with E-state index in [1.165, 1.54) is 65.6 Å². The van der Waals surface area contributed by atoms with E-state index in [1.807, 2.05) is 0 Å². The van der Waals surface area contributed by atoms with Crippen molar-refractivity contribution in [3.05, 3.63) is 0 Å². The molecule has 0 aliphatic heterocycles. The molecule has 0 N–H and O–H groups in total. The van der Waals surface area contributed by atoms with Crippen molar-refractivity contribution in [2.24, 2.45) is 0 Å². The lowest BCUT2D eigenvalue weighted by Crippen LogP contribution is -2.08. The fourth-order valence-corrected chi connectivity index (χ4v) is 2.78. The molecule has 0 radical (unpaired) electrons. The molecule has 0 aliphatic carbocycles. The van der Waals surface area contributed by atoms with Gasteiger partial charge in [-0.1, -0.05) is 64.2 Å². The van der Waals surface area contributed by atoms with Crippen LogP contribution in [0.5, 0.6) is 0 Å². The number of esters is 2. The fraction of sp³-hybridized carbons (Fsp3) is 0.850. The molecule has 0 spiro atoms. The molecule has 25 heavy (non-hydrogen) atoms. The molecule has 0 aromatic carbocycles. The number of hydrogen-bond donors (Lipinski definition) is 0. The number of carbonyl (C=O) groups is 3. The Kier molecular flexibility index (Phi) is 16.5. The maximum atomic E-state index is 11.4. The summed E-state index contributed by atoms with van der Waals surface area (Å²) >= 11 is 0. The highest BCUT2D eigenvalue weighted by Crippen LogP contribution is 2.13. The molecule has 0 fully saturated rings. The molecule has 146 valence electrons. The monoisotopic (exact) mass is 356 g/mol. The standard InChI is InChI=1S/C20H36O5/c1-24-19(22)16-14-12-10-8-6-4-3-5-7-9-11-13-15-18(21)17-20(23)25-2/h3-17H2,1-2H3. The Bertz CT molecular complexity index is 365. The van der Waals surface area contributed by atoms with E-state index in [4.69, 9.17) is 0 Å². The average Bonchev–Trinajstić information content (AvgIpc) is 2.61. The van der Waals surface area contributed by atoms with E-state index in [-0.39, 0.29) is 18.2 Å². The van der Waals surface area contributed by atoms with Crippen molar-refractivity contribution in [2.45, 2.75) is 96.3 Å². The van der Waals surface area contributed by atoms with Crippen LogP contribution in [0.4, 0.5) is 0 Å². The van der Waals surface area contributed by atoms with Crippen molar-refractivity contribution < 1.29 is 23.9 Å². The Balaban J connectivity index is 3.18. The van der Waals surface area contributed by atoms with Crippen LogP contribution in [0.15, 0.2) is 0 Å². The number of ketones is 1. The van der Waals surface area contributed by atoms with Crippen LogP contribution < -0.4 is 0 Å². The summed E-state index contributed by atoms with van der Waals surface area (Å²) in [5.41, 5.74) is 0. The summed E-state index contributed by atoms with van der Waals surface area (Å²) in [4.78, 5) is 33.3. The second kappa shape index (κ2) is 17.4. The van der Waals surface area contributed by atoms with Crippen LogP contribution in [-0.2, 0) is 23.9 Å². The molecule has 0 rings (SSSR count). The fourth-order valence-electron chi connectivity index (χ4n) is 2.78. The van der Waals surface area contributed by atoms with E-state index in [0.717, 1.165) is 25.7 Å². The second-order valence-corrected chi connectivity index (χ2v) is 6.61. The van der Waals surface area contributed by atoms with E-state index in [0.29, 0.717) is 12.8 Å². The first-order valence-corrected chi connectivity index (χ1v) is 9.75. The zero-order valence-electron chi connectivity index (χ0n) is 16.1. The summed E-state index contributed by atoms with van der Waals surface area (Å²) in [5, 5.41) is 0. The highest BCUT2D eigenvalue weighted by molar-refractivity contribution is 5.95. The van der Waals surface area contributed by atoms with Gasteiger partial charge in [0.25, 0.3) is 0 Å². The van der Waals surface area contributed by atoms with Gasteiger partial charge in [-0.15, -0.1) is 0 Å². The Morgan fingerprint density at radius 1 is 0.520 bits per heavy atom. The summed E-state index contributed by atoms with van der Waals surface area (Å²) in [6, 6.07) is 0. The molecular formula is C20H36O5. The molecule has 0 heterocycles. The second-order valence-electron chi connectivity index (χ2n) is 6.61. The van der Waals surface area contributed by atoms with Crippen LogP contribution in [0.1, 0.15) is 96.3 Å². The van der Waals surface area contributed by atoms with Crippen molar-refractivity contribution in [3.8, 4) is 0 Å². The van der Waals surface area contributed by atoms with Gasteiger partial charge in [-0.05, 0) is 12.8 Å². The first-order chi connectivity index (χ1) is 12.1. The predicted octanol–water partition coefficient (Wildman–Crippen LogP) is 4.75. The topological polar surface area (TPSA) is 69.7 Å². The van der Waals surface area contributed by atoms with Crippen molar-refractivity contribution in [1.29, 1.82) is 0 Å². The van der Waals surface area contributed by atoms with E-state index in [1.54, 1.807) is 0 Å². The van der Waals surface area contributed by atoms with E-state index in [9.17, 15) is 14.4 Å². The highest BCUT2D eigenvalue weighted by atomic mass is 16.5. The van der Waals surface area contributed by atoms with Gasteiger partial charge >= 0.3 is 11.9 Å². The van der Waals surface area contributed by atoms with Gasteiger partial charge in [0.05, 0.1) is 14.2 Å². The maximum absolute atomic E-state index is 11.4. The van der Waals surface area contributed by atoms with Crippen LogP contribution in [-0.4, -0.2) is 31.9 Å². The summed E-state index contributed by atoms with van der Waals surface area (Å²) in [5.74, 6) is -0.556. The van der Waals surface area contributed by atoms with Crippen molar-refractivity contribution >= 4 is 17.7 Å². The van der Waals surface area contributed by atoms with Crippen molar-refractivity contribution in [1.82, 2.24) is 0 Å². The first kappa shape index (κ1) is 23.6. The van der Waals surface area contributed by atoms with Crippen LogP contribution >= 0.6 is 0 Å². The van der Waals surface area contributed by atoms with Gasteiger partial charge in [0.15, 0.2) is 0 Å². The third-order valence-electron chi connectivity index (χ3n) is 4.38. The molecule has 0 amide bonds. The molecule has 0 saturated heterocycles. The Morgan fingerprint density at radius 3 is 1.28 bits per heavy atom. The maximum Gasteiger partial charge on any atom is 0.313 e. The van der Waals surface area contributed by atoms with Gasteiger partial charge in [0.1, 0.15) is 12.2 Å². The molecule has 0 bridgehead atoms. The normalized spacial score (nSPS) is 10.5.